The molecular formula is C43H52Cl2OSiZr. The van der Waals surface area contributed by atoms with E-state index < -0.39 is 0 Å². The molecule has 1 nitrogen and oxygen atoms in total. The van der Waals surface area contributed by atoms with Gasteiger partial charge in [0.25, 0.3) is 0 Å². The summed E-state index contributed by atoms with van der Waals surface area (Å²) < 4.78 is 5.87. The van der Waals surface area contributed by atoms with Crippen LogP contribution in [0, 0.1) is 13.8 Å². The van der Waals surface area contributed by atoms with Gasteiger partial charge in [-0.25, -0.2) is 0 Å². The van der Waals surface area contributed by atoms with Gasteiger partial charge in [0.1, 0.15) is 5.75 Å². The Bertz CT molecular complexity index is 1930. The average Bonchev–Trinajstić information content (AvgIpc) is 3.56. The van der Waals surface area contributed by atoms with Gasteiger partial charge in [-0.15, -0.1) is 87.8 Å². The summed E-state index contributed by atoms with van der Waals surface area (Å²) in [4.78, 5) is 0. The van der Waals surface area contributed by atoms with Crippen LogP contribution in [0.1, 0.15) is 63.8 Å². The van der Waals surface area contributed by atoms with Gasteiger partial charge in [-0.1, -0.05) is 122 Å². The van der Waals surface area contributed by atoms with Crippen molar-refractivity contribution >= 4 is 51.8 Å². The van der Waals surface area contributed by atoms with Gasteiger partial charge in [-0.3, -0.25) is 0 Å². The van der Waals surface area contributed by atoms with Gasteiger partial charge >= 0.3 is 41.9 Å². The van der Waals surface area contributed by atoms with Crippen molar-refractivity contribution in [2.75, 3.05) is 7.11 Å². The first-order valence-corrected chi connectivity index (χ1v) is 22.4. The quantitative estimate of drug-likeness (QED) is 0.129. The van der Waals surface area contributed by atoms with Crippen molar-refractivity contribution < 1.29 is 28.1 Å². The van der Waals surface area contributed by atoms with E-state index >= 15 is 0 Å². The SMILES string of the molecule is COc1c(C(C)(C)C)cc2[cH-]c(C)cc2c1-c1ccccc1.C[Si](C)=[Zr+2].Cc1cc2c(-c3ccc(C(C)(C)C)cc3)cccc2[cH-]1.Cl.Cl. The second-order valence-corrected chi connectivity index (χ2v) is 24.0. The molecule has 0 spiro atoms. The molecule has 0 N–H and O–H groups in total. The maximum atomic E-state index is 5.87. The smallest absolute Gasteiger partial charge is 0.0132 e. The molecule has 6 rings (SSSR count). The Morgan fingerprint density at radius 3 is 1.69 bits per heavy atom. The molecule has 0 saturated carbocycles. The molecule has 0 aliphatic carbocycles. The van der Waals surface area contributed by atoms with Crippen LogP contribution in [0.5, 0.6) is 5.75 Å². The standard InChI is InChI=1S/C21H23O.C20H21.C2H6Si.2ClH.Zr/c1-14-11-16-13-18(21(2,3)4)20(22-5)19(17(16)12-14)15-9-7-6-8-10-15;1-14-12-16-6-5-7-18(19(16)13-14)15-8-10-17(11-9-15)20(2,3)4;1-3-2;;;/h6-13H,1-5H3;5-13H,1-4H3;1-2H3;2*1H;/q2*-1;;;;+2. The van der Waals surface area contributed by atoms with E-state index in [0.717, 1.165) is 5.75 Å². The van der Waals surface area contributed by atoms with Gasteiger partial charge in [0, 0.05) is 0 Å². The molecule has 0 heterocycles. The molecule has 48 heavy (non-hydrogen) atoms. The minimum atomic E-state index is 0. The topological polar surface area (TPSA) is 9.23 Å². The van der Waals surface area contributed by atoms with E-state index in [2.05, 4.69) is 172 Å². The van der Waals surface area contributed by atoms with Crippen molar-refractivity contribution in [1.29, 1.82) is 0 Å². The van der Waals surface area contributed by atoms with E-state index in [1.54, 1.807) is 30.4 Å². The number of benzene rings is 4. The zero-order valence-electron chi connectivity index (χ0n) is 30.5. The zero-order valence-corrected chi connectivity index (χ0v) is 35.6. The Morgan fingerprint density at radius 2 is 1.17 bits per heavy atom. The van der Waals surface area contributed by atoms with Crippen LogP contribution in [-0.2, 0) is 34.2 Å². The minimum Gasteiger partial charge on any atom is -0.165 e. The maximum absolute atomic E-state index is 5.87. The second kappa shape index (κ2) is 17.5. The first-order valence-electron chi connectivity index (χ1n) is 16.2. The Hall–Kier alpha value is -2.42. The van der Waals surface area contributed by atoms with E-state index in [0.29, 0.717) is 0 Å². The largest absolute Gasteiger partial charge is 0.165 e. The summed E-state index contributed by atoms with van der Waals surface area (Å²) in [6.45, 7) is 22.4. The molecule has 0 radical (unpaired) electrons. The summed E-state index contributed by atoms with van der Waals surface area (Å²) in [5.74, 6) is 0.997. The number of rotatable bonds is 3. The number of aryl methyl sites for hydroxylation is 2. The van der Waals surface area contributed by atoms with Crippen molar-refractivity contribution in [3.63, 3.8) is 0 Å². The summed E-state index contributed by atoms with van der Waals surface area (Å²) in [5.41, 5.74) is 10.8. The molecule has 252 valence electrons. The van der Waals surface area contributed by atoms with E-state index in [9.17, 15) is 0 Å². The number of halogens is 2. The average molecular weight is 775 g/mol. The van der Waals surface area contributed by atoms with E-state index in [-0.39, 0.29) is 41.1 Å². The number of methoxy groups -OCH3 is 1. The number of fused-ring (bicyclic) bond motifs is 2. The second-order valence-electron chi connectivity index (χ2n) is 14.7. The summed E-state index contributed by atoms with van der Waals surface area (Å²) in [7, 11) is 1.78. The number of hydrogen-bond donors (Lipinski definition) is 0. The summed E-state index contributed by atoms with van der Waals surface area (Å²) in [6.07, 6.45) is 0. The maximum Gasteiger partial charge on any atom is -0.0132 e. The van der Waals surface area contributed by atoms with E-state index in [4.69, 9.17) is 4.74 Å². The zero-order chi connectivity index (χ0) is 33.8. The van der Waals surface area contributed by atoms with Crippen LogP contribution in [0.3, 0.4) is 0 Å². The van der Waals surface area contributed by atoms with Crippen molar-refractivity contribution in [1.82, 2.24) is 0 Å². The Morgan fingerprint density at radius 1 is 0.625 bits per heavy atom. The minimum absolute atomic E-state index is 0. The van der Waals surface area contributed by atoms with Gasteiger partial charge in [0.05, 0.1) is 7.11 Å². The molecular weight excluding hydrogens is 723 g/mol. The van der Waals surface area contributed by atoms with Crippen LogP contribution in [0.2, 0.25) is 13.1 Å². The van der Waals surface area contributed by atoms with Crippen LogP contribution in [-0.4, -0.2) is 12.5 Å². The molecule has 0 aliphatic rings. The fourth-order valence-electron chi connectivity index (χ4n) is 5.94. The summed E-state index contributed by atoms with van der Waals surface area (Å²) >= 11 is 1.74. The van der Waals surface area contributed by atoms with Gasteiger partial charge in [0.15, 0.2) is 0 Å². The van der Waals surface area contributed by atoms with Crippen LogP contribution in [0.15, 0.2) is 103 Å². The molecule has 6 aromatic rings. The van der Waals surface area contributed by atoms with Crippen molar-refractivity contribution in [3.05, 3.63) is 125 Å². The molecule has 0 unspecified atom stereocenters. The van der Waals surface area contributed by atoms with Gasteiger partial charge in [-0.05, 0) is 38.6 Å². The monoisotopic (exact) mass is 772 g/mol. The third-order valence-corrected chi connectivity index (χ3v) is 8.14. The summed E-state index contributed by atoms with van der Waals surface area (Å²) in [5, 5.41) is 5.25. The Labute approximate surface area is 317 Å². The molecule has 5 heteroatoms. The van der Waals surface area contributed by atoms with E-state index in [1.807, 2.05) is 0 Å². The molecule has 0 aromatic heterocycles. The molecule has 0 fully saturated rings. The normalized spacial score (nSPS) is 11.0. The van der Waals surface area contributed by atoms with Crippen molar-refractivity contribution in [3.8, 4) is 28.0 Å². The molecule has 6 aromatic carbocycles. The van der Waals surface area contributed by atoms with Crippen LogP contribution in [0.4, 0.5) is 0 Å². The first-order chi connectivity index (χ1) is 21.6. The van der Waals surface area contributed by atoms with Crippen LogP contribution in [0.25, 0.3) is 43.8 Å². The molecule has 0 aliphatic heterocycles. The Balaban J connectivity index is 0.000000290. The van der Waals surface area contributed by atoms with Gasteiger partial charge in [0.2, 0.25) is 0 Å². The predicted octanol–water partition coefficient (Wildman–Crippen LogP) is 13.3. The molecule has 0 bridgehead atoms. The molecule has 0 amide bonds. The third kappa shape index (κ3) is 10.3. The van der Waals surface area contributed by atoms with Gasteiger partial charge < -0.3 is 4.74 Å². The third-order valence-electron chi connectivity index (χ3n) is 8.14. The summed E-state index contributed by atoms with van der Waals surface area (Å²) in [6, 6.07) is 37.4. The number of hydrogen-bond acceptors (Lipinski definition) is 1. The van der Waals surface area contributed by atoms with Crippen LogP contribution >= 0.6 is 24.8 Å². The van der Waals surface area contributed by atoms with Crippen molar-refractivity contribution in [2.45, 2.75) is 79.3 Å². The Kier molecular flexibility index (Phi) is 15.2. The molecule has 0 atom stereocenters. The fraction of sp³-hybridized carbons (Fsp3) is 0.302. The first kappa shape index (κ1) is 41.7. The van der Waals surface area contributed by atoms with Crippen molar-refractivity contribution in [2.24, 2.45) is 0 Å². The van der Waals surface area contributed by atoms with E-state index in [1.165, 1.54) is 66.1 Å². The van der Waals surface area contributed by atoms with Gasteiger partial charge in [-0.2, -0.15) is 12.1 Å². The predicted molar refractivity (Wildman–Crippen MR) is 215 cm³/mol. The fourth-order valence-corrected chi connectivity index (χ4v) is 5.94. The molecule has 0 saturated heterocycles. The number of ether oxygens (including phenoxy) is 1. The van der Waals surface area contributed by atoms with Crippen LogP contribution < -0.4 is 4.74 Å².